The molecule has 0 fully saturated rings. The third-order valence-corrected chi connectivity index (χ3v) is 5.86. The molecule has 30 heavy (non-hydrogen) atoms. The summed E-state index contributed by atoms with van der Waals surface area (Å²) in [6, 6.07) is 13.1. The van der Waals surface area contributed by atoms with Gasteiger partial charge >= 0.3 is 5.97 Å². The standard InChI is InChI=1S/C24H31ClN2O3/c1-4-6-7-8-19-22(26-17-11-9-16(25)10-12-17)20-15-18(29-3)13-14-21(20)27-23(19)24(28)30-5-2/h9-15,19,22-23,26-27H,4-8H2,1-3H3. The molecule has 3 unspecified atom stereocenters. The van der Waals surface area contributed by atoms with Crippen LogP contribution in [0.25, 0.3) is 0 Å². The van der Waals surface area contributed by atoms with Gasteiger partial charge in [0, 0.05) is 27.9 Å². The molecule has 0 saturated carbocycles. The number of hydrogen-bond acceptors (Lipinski definition) is 5. The number of methoxy groups -OCH3 is 1. The van der Waals surface area contributed by atoms with E-state index in [1.54, 1.807) is 7.11 Å². The summed E-state index contributed by atoms with van der Waals surface area (Å²) in [7, 11) is 1.67. The van der Waals surface area contributed by atoms with E-state index in [1.807, 2.05) is 49.4 Å². The zero-order valence-corrected chi connectivity index (χ0v) is 18.7. The third kappa shape index (κ3) is 5.20. The van der Waals surface area contributed by atoms with Crippen LogP contribution in [-0.2, 0) is 9.53 Å². The molecule has 2 aromatic carbocycles. The average molecular weight is 431 g/mol. The van der Waals surface area contributed by atoms with Crippen LogP contribution in [0.5, 0.6) is 5.75 Å². The molecule has 1 heterocycles. The number of ether oxygens (including phenoxy) is 2. The normalized spacial score (nSPS) is 20.1. The molecule has 0 spiro atoms. The lowest BCUT2D eigenvalue weighted by atomic mass is 9.79. The molecule has 1 aliphatic heterocycles. The van der Waals surface area contributed by atoms with E-state index in [0.29, 0.717) is 11.6 Å². The molecule has 0 bridgehead atoms. The fourth-order valence-electron chi connectivity index (χ4n) is 4.09. The van der Waals surface area contributed by atoms with Crippen molar-refractivity contribution in [2.24, 2.45) is 5.92 Å². The first-order valence-electron chi connectivity index (χ1n) is 10.7. The van der Waals surface area contributed by atoms with Crippen molar-refractivity contribution in [3.05, 3.63) is 53.1 Å². The molecular formula is C24H31ClN2O3. The van der Waals surface area contributed by atoms with E-state index in [1.165, 1.54) is 0 Å². The van der Waals surface area contributed by atoms with Crippen LogP contribution in [0.3, 0.4) is 0 Å². The first-order valence-corrected chi connectivity index (χ1v) is 11.1. The first kappa shape index (κ1) is 22.3. The highest BCUT2D eigenvalue weighted by Crippen LogP contribution is 2.43. The summed E-state index contributed by atoms with van der Waals surface area (Å²) < 4.78 is 10.9. The molecule has 2 N–H and O–H groups in total. The van der Waals surface area contributed by atoms with E-state index >= 15 is 0 Å². The van der Waals surface area contributed by atoms with Crippen molar-refractivity contribution >= 4 is 28.9 Å². The Hall–Kier alpha value is -2.40. The Morgan fingerprint density at radius 3 is 2.57 bits per heavy atom. The van der Waals surface area contributed by atoms with Gasteiger partial charge in [-0.15, -0.1) is 0 Å². The maximum absolute atomic E-state index is 12.9. The predicted octanol–water partition coefficient (Wildman–Crippen LogP) is 6.06. The molecule has 0 radical (unpaired) electrons. The zero-order valence-electron chi connectivity index (χ0n) is 17.9. The second kappa shape index (κ2) is 10.6. The summed E-state index contributed by atoms with van der Waals surface area (Å²) in [5.74, 6) is 0.620. The number of halogens is 1. The Balaban J connectivity index is 2.01. The van der Waals surface area contributed by atoms with E-state index in [-0.39, 0.29) is 17.9 Å². The van der Waals surface area contributed by atoms with Gasteiger partial charge in [-0.1, -0.05) is 37.8 Å². The van der Waals surface area contributed by atoms with Gasteiger partial charge in [0.25, 0.3) is 0 Å². The number of carbonyl (C=O) groups is 1. The summed E-state index contributed by atoms with van der Waals surface area (Å²) in [5, 5.41) is 7.79. The molecule has 0 saturated heterocycles. The third-order valence-electron chi connectivity index (χ3n) is 5.61. The van der Waals surface area contributed by atoms with Crippen LogP contribution in [0, 0.1) is 5.92 Å². The van der Waals surface area contributed by atoms with Crippen molar-refractivity contribution in [3.63, 3.8) is 0 Å². The van der Waals surface area contributed by atoms with Gasteiger partial charge in [-0.05, 0) is 55.8 Å². The summed E-state index contributed by atoms with van der Waals surface area (Å²) in [5.41, 5.74) is 2.97. The summed E-state index contributed by atoms with van der Waals surface area (Å²) >= 11 is 6.07. The van der Waals surface area contributed by atoms with Crippen molar-refractivity contribution in [1.82, 2.24) is 0 Å². The largest absolute Gasteiger partial charge is 0.497 e. The maximum Gasteiger partial charge on any atom is 0.328 e. The molecule has 1 aliphatic rings. The van der Waals surface area contributed by atoms with E-state index in [9.17, 15) is 4.79 Å². The van der Waals surface area contributed by atoms with Gasteiger partial charge in [0.15, 0.2) is 0 Å². The topological polar surface area (TPSA) is 59.6 Å². The van der Waals surface area contributed by atoms with E-state index in [0.717, 1.165) is 48.4 Å². The number of nitrogens with one attached hydrogen (secondary N) is 2. The number of fused-ring (bicyclic) bond motifs is 1. The number of benzene rings is 2. The van der Waals surface area contributed by atoms with Gasteiger partial charge in [-0.2, -0.15) is 0 Å². The highest BCUT2D eigenvalue weighted by molar-refractivity contribution is 6.30. The van der Waals surface area contributed by atoms with Gasteiger partial charge < -0.3 is 20.1 Å². The smallest absolute Gasteiger partial charge is 0.328 e. The lowest BCUT2D eigenvalue weighted by molar-refractivity contribution is -0.145. The zero-order chi connectivity index (χ0) is 21.5. The van der Waals surface area contributed by atoms with Crippen LogP contribution in [0.2, 0.25) is 5.02 Å². The van der Waals surface area contributed by atoms with Gasteiger partial charge in [0.2, 0.25) is 0 Å². The van der Waals surface area contributed by atoms with Gasteiger partial charge in [0.1, 0.15) is 11.8 Å². The van der Waals surface area contributed by atoms with E-state index in [2.05, 4.69) is 17.6 Å². The molecule has 2 aromatic rings. The Kier molecular flexibility index (Phi) is 7.86. The molecule has 3 atom stereocenters. The molecule has 3 rings (SSSR count). The van der Waals surface area contributed by atoms with Gasteiger partial charge in [-0.3, -0.25) is 0 Å². The number of unbranched alkanes of at least 4 members (excludes halogenated alkanes) is 2. The molecule has 0 aliphatic carbocycles. The number of anilines is 2. The Bertz CT molecular complexity index is 841. The monoisotopic (exact) mass is 430 g/mol. The lowest BCUT2D eigenvalue weighted by Gasteiger charge is -2.40. The molecule has 0 amide bonds. The first-order chi connectivity index (χ1) is 14.6. The van der Waals surface area contributed by atoms with Crippen molar-refractivity contribution in [3.8, 4) is 5.75 Å². The second-order valence-electron chi connectivity index (χ2n) is 7.62. The van der Waals surface area contributed by atoms with Crippen LogP contribution < -0.4 is 15.4 Å². The van der Waals surface area contributed by atoms with Crippen molar-refractivity contribution < 1.29 is 14.3 Å². The second-order valence-corrected chi connectivity index (χ2v) is 8.05. The quantitative estimate of drug-likeness (QED) is 0.374. The highest BCUT2D eigenvalue weighted by Gasteiger charge is 2.41. The van der Waals surface area contributed by atoms with Crippen molar-refractivity contribution in [2.75, 3.05) is 24.4 Å². The lowest BCUT2D eigenvalue weighted by Crippen LogP contribution is -2.46. The summed E-state index contributed by atoms with van der Waals surface area (Å²) in [6.45, 7) is 4.39. The Morgan fingerprint density at radius 2 is 1.90 bits per heavy atom. The average Bonchev–Trinajstić information content (AvgIpc) is 2.76. The highest BCUT2D eigenvalue weighted by atomic mass is 35.5. The van der Waals surface area contributed by atoms with E-state index in [4.69, 9.17) is 21.1 Å². The number of esters is 1. The van der Waals surface area contributed by atoms with Crippen LogP contribution in [0.4, 0.5) is 11.4 Å². The van der Waals surface area contributed by atoms with Crippen LogP contribution >= 0.6 is 11.6 Å². The maximum atomic E-state index is 12.9. The minimum Gasteiger partial charge on any atom is -0.497 e. The SMILES string of the molecule is CCCCCC1C(C(=O)OCC)Nc2ccc(OC)cc2C1Nc1ccc(Cl)cc1. The fourth-order valence-corrected chi connectivity index (χ4v) is 4.22. The van der Waals surface area contributed by atoms with E-state index < -0.39 is 6.04 Å². The summed E-state index contributed by atoms with van der Waals surface area (Å²) in [4.78, 5) is 12.9. The molecule has 6 heteroatoms. The van der Waals surface area contributed by atoms with Crippen LogP contribution in [-0.4, -0.2) is 25.7 Å². The minimum absolute atomic E-state index is 0.0332. The number of rotatable bonds is 9. The number of carbonyl (C=O) groups excluding carboxylic acids is 1. The van der Waals surface area contributed by atoms with Crippen LogP contribution in [0.1, 0.15) is 51.1 Å². The Morgan fingerprint density at radius 1 is 1.13 bits per heavy atom. The fraction of sp³-hybridized carbons (Fsp3) is 0.458. The molecule has 0 aromatic heterocycles. The minimum atomic E-state index is -0.410. The van der Waals surface area contributed by atoms with Gasteiger partial charge in [0.05, 0.1) is 19.8 Å². The number of hydrogen-bond donors (Lipinski definition) is 2. The molecule has 5 nitrogen and oxygen atoms in total. The molecular weight excluding hydrogens is 400 g/mol. The predicted molar refractivity (Wildman–Crippen MR) is 122 cm³/mol. The van der Waals surface area contributed by atoms with Crippen LogP contribution in [0.15, 0.2) is 42.5 Å². The Labute approximate surface area is 184 Å². The van der Waals surface area contributed by atoms with Crippen molar-refractivity contribution in [1.29, 1.82) is 0 Å². The summed E-state index contributed by atoms with van der Waals surface area (Å²) in [6.07, 6.45) is 4.22. The molecule has 162 valence electrons. The van der Waals surface area contributed by atoms with Crippen molar-refractivity contribution in [2.45, 2.75) is 51.6 Å². The van der Waals surface area contributed by atoms with Gasteiger partial charge in [-0.25, -0.2) is 4.79 Å².